The maximum atomic E-state index is 5.39. The minimum atomic E-state index is 0.567. The molecule has 1 saturated carbocycles. The fourth-order valence-electron chi connectivity index (χ4n) is 2.58. The van der Waals surface area contributed by atoms with E-state index in [2.05, 4.69) is 40.5 Å². The molecule has 3 aliphatic carbocycles. The maximum Gasteiger partial charge on any atom is 0.141 e. The third-order valence-corrected chi connectivity index (χ3v) is 3.77. The Morgan fingerprint density at radius 2 is 1.85 bits per heavy atom. The molecule has 20 heavy (non-hydrogen) atoms. The second kappa shape index (κ2) is 5.79. The number of rotatable bonds is 2. The third kappa shape index (κ3) is 3.00. The van der Waals surface area contributed by atoms with E-state index in [0.717, 1.165) is 11.4 Å². The van der Waals surface area contributed by atoms with Crippen molar-refractivity contribution in [2.45, 2.75) is 31.7 Å². The highest BCUT2D eigenvalue weighted by Crippen LogP contribution is 2.32. The highest BCUT2D eigenvalue weighted by atomic mass is 15.0. The van der Waals surface area contributed by atoms with Crippen molar-refractivity contribution in [2.75, 3.05) is 5.32 Å². The molecule has 3 aliphatic rings. The van der Waals surface area contributed by atoms with Crippen molar-refractivity contribution in [3.05, 3.63) is 48.2 Å². The lowest BCUT2D eigenvalue weighted by Gasteiger charge is -2.13. The van der Waals surface area contributed by atoms with Gasteiger partial charge in [0, 0.05) is 12.2 Å². The number of hydrogen-bond donors (Lipinski definition) is 1. The van der Waals surface area contributed by atoms with Crippen LogP contribution in [0.4, 0.5) is 5.82 Å². The molecule has 0 amide bonds. The lowest BCUT2D eigenvalue weighted by atomic mass is 10.2. The summed E-state index contributed by atoms with van der Waals surface area (Å²) in [5.41, 5.74) is 3.71. The highest BCUT2D eigenvalue weighted by Gasteiger charge is 2.15. The number of terminal acetylenes is 1. The van der Waals surface area contributed by atoms with Gasteiger partial charge in [0.05, 0.1) is 5.56 Å². The minimum Gasteiger partial charge on any atom is -0.366 e. The average molecular weight is 262 g/mol. The first kappa shape index (κ1) is 12.7. The van der Waals surface area contributed by atoms with E-state index in [1.165, 1.54) is 36.8 Å². The summed E-state index contributed by atoms with van der Waals surface area (Å²) < 4.78 is 0. The zero-order chi connectivity index (χ0) is 13.8. The molecule has 4 rings (SSSR count). The number of nitrogens with zero attached hydrogens (tertiary/aromatic N) is 1. The minimum absolute atomic E-state index is 0.567. The molecule has 0 atom stereocenters. The quantitative estimate of drug-likeness (QED) is 0.704. The molecule has 1 aromatic rings. The number of anilines is 1. The number of benzene rings is 1. The second-order valence-corrected chi connectivity index (χ2v) is 5.25. The zero-order valence-corrected chi connectivity index (χ0v) is 11.5. The van der Waals surface area contributed by atoms with Crippen LogP contribution >= 0.6 is 0 Å². The Morgan fingerprint density at radius 1 is 1.10 bits per heavy atom. The normalized spacial score (nSPS) is 14.9. The molecular formula is C18H18N2. The molecule has 0 bridgehead atoms. The van der Waals surface area contributed by atoms with Gasteiger partial charge >= 0.3 is 0 Å². The highest BCUT2D eigenvalue weighted by molar-refractivity contribution is 5.80. The fourth-order valence-corrected chi connectivity index (χ4v) is 2.58. The summed E-state index contributed by atoms with van der Waals surface area (Å²) in [6.45, 7) is 0. The van der Waals surface area contributed by atoms with Crippen LogP contribution in [0.2, 0.25) is 0 Å². The van der Waals surface area contributed by atoms with Crippen molar-refractivity contribution in [2.24, 2.45) is 0 Å². The van der Waals surface area contributed by atoms with Crippen molar-refractivity contribution >= 4 is 5.82 Å². The molecule has 1 N–H and O–H groups in total. The number of hydrogen-bond acceptors (Lipinski definition) is 2. The van der Waals surface area contributed by atoms with Crippen LogP contribution in [0.15, 0.2) is 42.6 Å². The fraction of sp³-hybridized carbons (Fsp3) is 0.278. The van der Waals surface area contributed by atoms with Crippen LogP contribution in [-0.2, 0) is 0 Å². The summed E-state index contributed by atoms with van der Waals surface area (Å²) in [7, 11) is 0. The van der Waals surface area contributed by atoms with Crippen molar-refractivity contribution in [1.82, 2.24) is 4.98 Å². The Balaban J connectivity index is 0.000000165. The van der Waals surface area contributed by atoms with E-state index in [0.29, 0.717) is 6.04 Å². The van der Waals surface area contributed by atoms with Gasteiger partial charge in [-0.2, -0.15) is 0 Å². The Labute approximate surface area is 120 Å². The smallest absolute Gasteiger partial charge is 0.141 e. The SMILES string of the molecule is C#Cc1cccnc1NC1CCCC1.c1cc2cc-2c1. The van der Waals surface area contributed by atoms with E-state index >= 15 is 0 Å². The molecule has 2 nitrogen and oxygen atoms in total. The van der Waals surface area contributed by atoms with Crippen molar-refractivity contribution in [3.8, 4) is 23.5 Å². The lowest BCUT2D eigenvalue weighted by Crippen LogP contribution is -2.16. The van der Waals surface area contributed by atoms with E-state index in [-0.39, 0.29) is 0 Å². The van der Waals surface area contributed by atoms with E-state index in [1.54, 1.807) is 6.20 Å². The molecule has 2 heteroatoms. The molecule has 0 spiro atoms. The number of fused-ring (bicyclic) bond motifs is 1. The van der Waals surface area contributed by atoms with Gasteiger partial charge in [0.1, 0.15) is 5.82 Å². The second-order valence-electron chi connectivity index (χ2n) is 5.25. The molecule has 1 aromatic heterocycles. The van der Waals surface area contributed by atoms with Gasteiger partial charge in [-0.05, 0) is 42.2 Å². The summed E-state index contributed by atoms with van der Waals surface area (Å²) in [4.78, 5) is 4.26. The molecule has 1 heterocycles. The van der Waals surface area contributed by atoms with Crippen molar-refractivity contribution < 1.29 is 0 Å². The number of nitrogens with one attached hydrogen (secondary N) is 1. The molecule has 1 fully saturated rings. The van der Waals surface area contributed by atoms with Crippen LogP contribution in [0.25, 0.3) is 11.1 Å². The van der Waals surface area contributed by atoms with Crippen molar-refractivity contribution in [1.29, 1.82) is 0 Å². The summed E-state index contributed by atoms with van der Waals surface area (Å²) >= 11 is 0. The first-order chi connectivity index (χ1) is 9.86. The van der Waals surface area contributed by atoms with Crippen LogP contribution in [0.5, 0.6) is 0 Å². The van der Waals surface area contributed by atoms with E-state index in [9.17, 15) is 0 Å². The third-order valence-electron chi connectivity index (χ3n) is 3.77. The monoisotopic (exact) mass is 262 g/mol. The Kier molecular flexibility index (Phi) is 3.69. The summed E-state index contributed by atoms with van der Waals surface area (Å²) in [6.07, 6.45) is 12.3. The predicted molar refractivity (Wildman–Crippen MR) is 83.5 cm³/mol. The van der Waals surface area contributed by atoms with Crippen LogP contribution in [0, 0.1) is 12.3 Å². The summed E-state index contributed by atoms with van der Waals surface area (Å²) in [6, 6.07) is 12.8. The molecule has 0 saturated heterocycles. The lowest BCUT2D eigenvalue weighted by molar-refractivity contribution is 0.750. The van der Waals surface area contributed by atoms with Gasteiger partial charge < -0.3 is 5.32 Å². The Hall–Kier alpha value is -2.27. The van der Waals surface area contributed by atoms with Gasteiger partial charge in [-0.25, -0.2) is 4.98 Å². The maximum absolute atomic E-state index is 5.39. The van der Waals surface area contributed by atoms with Gasteiger partial charge in [-0.15, -0.1) is 6.42 Å². The standard InChI is InChI=1S/C12H14N2.C6H4/c1-2-10-6-5-9-13-12(10)14-11-7-3-4-8-11;1-2-5-4-6(5)3-1/h1,5-6,9,11H,3-4,7-8H2,(H,13,14);1-4H. The summed E-state index contributed by atoms with van der Waals surface area (Å²) in [5, 5.41) is 3.41. The largest absolute Gasteiger partial charge is 0.366 e. The van der Waals surface area contributed by atoms with Crippen LogP contribution in [0.3, 0.4) is 0 Å². The van der Waals surface area contributed by atoms with Crippen LogP contribution in [-0.4, -0.2) is 11.0 Å². The number of aromatic nitrogens is 1. The molecular weight excluding hydrogens is 244 g/mol. The van der Waals surface area contributed by atoms with Gasteiger partial charge in [-0.3, -0.25) is 0 Å². The van der Waals surface area contributed by atoms with Gasteiger partial charge in [-0.1, -0.05) is 37.0 Å². The van der Waals surface area contributed by atoms with Gasteiger partial charge in [0.2, 0.25) is 0 Å². The molecule has 0 unspecified atom stereocenters. The number of pyridine rings is 1. The van der Waals surface area contributed by atoms with E-state index in [1.807, 2.05) is 12.1 Å². The first-order valence-electron chi connectivity index (χ1n) is 7.15. The van der Waals surface area contributed by atoms with E-state index in [4.69, 9.17) is 6.42 Å². The topological polar surface area (TPSA) is 24.9 Å². The van der Waals surface area contributed by atoms with Crippen LogP contribution in [0.1, 0.15) is 31.2 Å². The predicted octanol–water partition coefficient (Wildman–Crippen LogP) is 4.08. The molecule has 0 radical (unpaired) electrons. The van der Waals surface area contributed by atoms with Crippen LogP contribution < -0.4 is 5.32 Å². The van der Waals surface area contributed by atoms with Gasteiger partial charge in [0.25, 0.3) is 0 Å². The van der Waals surface area contributed by atoms with Gasteiger partial charge in [0.15, 0.2) is 0 Å². The van der Waals surface area contributed by atoms with Crippen molar-refractivity contribution in [3.63, 3.8) is 0 Å². The van der Waals surface area contributed by atoms with E-state index < -0.39 is 0 Å². The zero-order valence-electron chi connectivity index (χ0n) is 11.5. The Morgan fingerprint density at radius 3 is 2.40 bits per heavy atom. The molecule has 0 aromatic carbocycles. The molecule has 0 aliphatic heterocycles. The summed E-state index contributed by atoms with van der Waals surface area (Å²) in [5.74, 6) is 3.51. The molecule has 100 valence electrons. The first-order valence-corrected chi connectivity index (χ1v) is 7.15. The average Bonchev–Trinajstić information content (AvgIpc) is 2.91. The Bertz CT molecular complexity index is 617.